The molecule has 0 amide bonds. The van der Waals surface area contributed by atoms with Gasteiger partial charge in [0, 0.05) is 32.7 Å². The van der Waals surface area contributed by atoms with Crippen LogP contribution in [0, 0.1) is 0 Å². The summed E-state index contributed by atoms with van der Waals surface area (Å²) in [6, 6.07) is 10.6. The maximum Gasteiger partial charge on any atom is 0.146 e. The Morgan fingerprint density at radius 3 is 2.60 bits per heavy atom. The fraction of sp³-hybridized carbons (Fsp3) is 0.375. The quantitative estimate of drug-likeness (QED) is 0.769. The molecule has 1 aliphatic heterocycles. The second kappa shape index (κ2) is 7.60. The first-order valence-corrected chi connectivity index (χ1v) is 6.97. The first-order chi connectivity index (χ1) is 9.83. The fourth-order valence-electron chi connectivity index (χ4n) is 2.50. The molecule has 1 saturated heterocycles. The van der Waals surface area contributed by atoms with Crippen molar-refractivity contribution in [2.75, 3.05) is 26.2 Å². The molecule has 2 rings (SSSR count). The zero-order valence-corrected chi connectivity index (χ0v) is 11.9. The molecule has 0 atom stereocenters. The third kappa shape index (κ3) is 4.03. The van der Waals surface area contributed by atoms with Crippen LogP contribution in [-0.4, -0.2) is 49.4 Å². The van der Waals surface area contributed by atoms with E-state index in [0.717, 1.165) is 45.0 Å². The predicted molar refractivity (Wildman–Crippen MR) is 85.1 cm³/mol. The van der Waals surface area contributed by atoms with Crippen LogP contribution in [0.3, 0.4) is 0 Å². The molecule has 1 aromatic carbocycles. The third-order valence-electron chi connectivity index (χ3n) is 3.53. The zero-order chi connectivity index (χ0) is 14.2. The third-order valence-corrected chi connectivity index (χ3v) is 3.53. The molecule has 0 bridgehead atoms. The Bertz CT molecular complexity index is 467. The summed E-state index contributed by atoms with van der Waals surface area (Å²) in [5, 5.41) is 0. The Morgan fingerprint density at radius 1 is 1.10 bits per heavy atom. The van der Waals surface area contributed by atoms with E-state index in [1.807, 2.05) is 0 Å². The Balaban J connectivity index is 1.93. The summed E-state index contributed by atoms with van der Waals surface area (Å²) in [5.41, 5.74) is 1.37. The van der Waals surface area contributed by atoms with Crippen molar-refractivity contribution < 1.29 is 0 Å². The molecule has 1 aliphatic rings. The number of aliphatic imine (C=N–C) groups is 2. The molecule has 0 aliphatic carbocycles. The summed E-state index contributed by atoms with van der Waals surface area (Å²) in [5.74, 6) is 0.821. The van der Waals surface area contributed by atoms with Crippen molar-refractivity contribution in [2.45, 2.75) is 13.0 Å². The van der Waals surface area contributed by atoms with Crippen LogP contribution in [0.5, 0.6) is 0 Å². The van der Waals surface area contributed by atoms with Crippen LogP contribution in [-0.2, 0) is 6.54 Å². The molecule has 0 N–H and O–H groups in total. The highest BCUT2D eigenvalue weighted by Gasteiger charge is 2.16. The number of rotatable bonds is 5. The van der Waals surface area contributed by atoms with Crippen LogP contribution in [0.4, 0.5) is 0 Å². The van der Waals surface area contributed by atoms with Crippen LogP contribution < -0.4 is 0 Å². The van der Waals surface area contributed by atoms with Crippen molar-refractivity contribution in [2.24, 2.45) is 9.98 Å². The number of benzene rings is 1. The first kappa shape index (κ1) is 14.5. The van der Waals surface area contributed by atoms with Gasteiger partial charge >= 0.3 is 0 Å². The lowest BCUT2D eigenvalue weighted by atomic mass is 10.2. The highest BCUT2D eigenvalue weighted by Crippen LogP contribution is 2.13. The van der Waals surface area contributed by atoms with E-state index >= 15 is 0 Å². The van der Waals surface area contributed by atoms with Gasteiger partial charge in [0.25, 0.3) is 0 Å². The van der Waals surface area contributed by atoms with Crippen molar-refractivity contribution in [1.82, 2.24) is 9.80 Å². The van der Waals surface area contributed by atoms with E-state index in [0.29, 0.717) is 0 Å². The van der Waals surface area contributed by atoms with Crippen molar-refractivity contribution in [3.63, 3.8) is 0 Å². The average molecular weight is 270 g/mol. The lowest BCUT2D eigenvalue weighted by molar-refractivity contribution is 0.270. The van der Waals surface area contributed by atoms with E-state index in [9.17, 15) is 0 Å². The molecule has 20 heavy (non-hydrogen) atoms. The van der Waals surface area contributed by atoms with Gasteiger partial charge in [-0.2, -0.15) is 0 Å². The van der Waals surface area contributed by atoms with Crippen molar-refractivity contribution in [1.29, 1.82) is 0 Å². The lowest BCUT2D eigenvalue weighted by Crippen LogP contribution is -2.29. The summed E-state index contributed by atoms with van der Waals surface area (Å²) in [4.78, 5) is 12.5. The van der Waals surface area contributed by atoms with Gasteiger partial charge in [-0.15, -0.1) is 0 Å². The summed E-state index contributed by atoms with van der Waals surface area (Å²) in [6.45, 7) is 12.2. The normalized spacial score (nSPS) is 17.6. The number of hydrogen-bond acceptors (Lipinski definition) is 4. The van der Waals surface area contributed by atoms with Gasteiger partial charge in [-0.3, -0.25) is 9.89 Å². The van der Waals surface area contributed by atoms with Gasteiger partial charge in [-0.25, -0.2) is 4.99 Å². The highest BCUT2D eigenvalue weighted by atomic mass is 15.3. The van der Waals surface area contributed by atoms with E-state index in [1.54, 1.807) is 6.20 Å². The van der Waals surface area contributed by atoms with Crippen LogP contribution in [0.1, 0.15) is 12.0 Å². The molecule has 0 spiro atoms. The van der Waals surface area contributed by atoms with E-state index in [-0.39, 0.29) is 0 Å². The van der Waals surface area contributed by atoms with Gasteiger partial charge in [-0.05, 0) is 25.4 Å². The molecule has 0 unspecified atom stereocenters. The van der Waals surface area contributed by atoms with Crippen LogP contribution in [0.15, 0.2) is 52.3 Å². The van der Waals surface area contributed by atoms with E-state index in [2.05, 4.69) is 63.6 Å². The molecule has 4 heteroatoms. The molecule has 0 aromatic heterocycles. The van der Waals surface area contributed by atoms with Crippen LogP contribution in [0.25, 0.3) is 0 Å². The minimum Gasteiger partial charge on any atom is -0.354 e. The molecular formula is C16H22N4. The summed E-state index contributed by atoms with van der Waals surface area (Å²) in [7, 11) is 0. The first-order valence-electron chi connectivity index (χ1n) is 6.97. The SMILES string of the molecule is C=N/C=C(\N=C)N1CCCN(Cc2ccccc2)CC1. The average Bonchev–Trinajstić information content (AvgIpc) is 2.71. The van der Waals surface area contributed by atoms with Gasteiger partial charge in [0.05, 0.1) is 6.20 Å². The van der Waals surface area contributed by atoms with E-state index < -0.39 is 0 Å². The molecule has 1 fully saturated rings. The minimum absolute atomic E-state index is 0.821. The second-order valence-corrected chi connectivity index (χ2v) is 4.93. The second-order valence-electron chi connectivity index (χ2n) is 4.93. The smallest absolute Gasteiger partial charge is 0.146 e. The monoisotopic (exact) mass is 270 g/mol. The largest absolute Gasteiger partial charge is 0.354 e. The molecule has 4 nitrogen and oxygen atoms in total. The maximum absolute atomic E-state index is 4.04. The number of hydrogen-bond donors (Lipinski definition) is 0. The van der Waals surface area contributed by atoms with Gasteiger partial charge < -0.3 is 4.90 Å². The van der Waals surface area contributed by atoms with E-state index in [4.69, 9.17) is 0 Å². The van der Waals surface area contributed by atoms with Crippen molar-refractivity contribution in [3.8, 4) is 0 Å². The van der Waals surface area contributed by atoms with Crippen molar-refractivity contribution >= 4 is 13.4 Å². The molecule has 0 saturated carbocycles. The number of nitrogens with zero attached hydrogens (tertiary/aromatic N) is 4. The molecular weight excluding hydrogens is 248 g/mol. The van der Waals surface area contributed by atoms with Gasteiger partial charge in [0.15, 0.2) is 0 Å². The van der Waals surface area contributed by atoms with Gasteiger partial charge in [-0.1, -0.05) is 30.3 Å². The summed E-state index contributed by atoms with van der Waals surface area (Å²) < 4.78 is 0. The van der Waals surface area contributed by atoms with Crippen LogP contribution >= 0.6 is 0 Å². The predicted octanol–water partition coefficient (Wildman–Crippen LogP) is 2.39. The Kier molecular flexibility index (Phi) is 5.50. The lowest BCUT2D eigenvalue weighted by Gasteiger charge is -2.23. The minimum atomic E-state index is 0.821. The standard InChI is InChI=1S/C16H22N4/c1-17-13-16(18-2)20-10-6-9-19(11-12-20)14-15-7-4-3-5-8-15/h3-5,7-8,13H,1-2,6,9-12,14H2/b16-13+. The summed E-state index contributed by atoms with van der Waals surface area (Å²) >= 11 is 0. The molecule has 0 radical (unpaired) electrons. The fourth-order valence-corrected chi connectivity index (χ4v) is 2.50. The van der Waals surface area contributed by atoms with Crippen molar-refractivity contribution in [3.05, 3.63) is 47.9 Å². The Morgan fingerprint density at radius 2 is 1.90 bits per heavy atom. The Hall–Kier alpha value is -1.94. The zero-order valence-electron chi connectivity index (χ0n) is 11.9. The molecule has 1 aromatic rings. The van der Waals surface area contributed by atoms with Gasteiger partial charge in [0.2, 0.25) is 0 Å². The topological polar surface area (TPSA) is 31.2 Å². The van der Waals surface area contributed by atoms with E-state index in [1.165, 1.54) is 5.56 Å². The van der Waals surface area contributed by atoms with Gasteiger partial charge in [0.1, 0.15) is 5.82 Å². The highest BCUT2D eigenvalue weighted by molar-refractivity contribution is 5.31. The maximum atomic E-state index is 4.04. The molecule has 1 heterocycles. The Labute approximate surface area is 121 Å². The summed E-state index contributed by atoms with van der Waals surface area (Å²) in [6.07, 6.45) is 2.80. The van der Waals surface area contributed by atoms with Crippen LogP contribution in [0.2, 0.25) is 0 Å². The molecule has 106 valence electrons.